The van der Waals surface area contributed by atoms with Crippen molar-refractivity contribution in [3.8, 4) is 0 Å². The van der Waals surface area contributed by atoms with Gasteiger partial charge in [-0.15, -0.1) is 0 Å². The quantitative estimate of drug-likeness (QED) is 0.753. The van der Waals surface area contributed by atoms with Crippen LogP contribution >= 0.6 is 15.9 Å². The second kappa shape index (κ2) is 7.11. The maximum atomic E-state index is 10.3. The summed E-state index contributed by atoms with van der Waals surface area (Å²) in [5, 5.41) is 13.4. The molecule has 0 radical (unpaired) electrons. The Balaban J connectivity index is 2.87. The molecular weight excluding hydrogens is 280 g/mol. The van der Waals surface area contributed by atoms with Crippen LogP contribution in [0.5, 0.6) is 0 Å². The molecule has 0 fully saturated rings. The lowest BCUT2D eigenvalue weighted by Gasteiger charge is -2.22. The Hall–Kier alpha value is -0.420. The monoisotopic (exact) mass is 300 g/mol. The summed E-state index contributed by atoms with van der Waals surface area (Å²) in [6.45, 7) is 2.68. The molecule has 96 valence electrons. The summed E-state index contributed by atoms with van der Waals surface area (Å²) >= 11 is 3.53. The molecule has 0 bridgehead atoms. The lowest BCUT2D eigenvalue weighted by Crippen LogP contribution is -2.34. The summed E-state index contributed by atoms with van der Waals surface area (Å²) in [5.74, 6) is 0. The minimum absolute atomic E-state index is 0.000577. The van der Waals surface area contributed by atoms with Crippen LogP contribution in [-0.2, 0) is 6.42 Å². The summed E-state index contributed by atoms with van der Waals surface area (Å²) in [6, 6.07) is 6.02. The minimum atomic E-state index is -0.522. The second-order valence-corrected chi connectivity index (χ2v) is 4.98. The molecular formula is C13H21BrN2O. The van der Waals surface area contributed by atoms with Gasteiger partial charge in [0.05, 0.1) is 6.10 Å². The van der Waals surface area contributed by atoms with Crippen LogP contribution < -0.4 is 11.1 Å². The third-order valence-electron chi connectivity index (χ3n) is 3.03. The molecule has 17 heavy (non-hydrogen) atoms. The molecule has 0 saturated heterocycles. The van der Waals surface area contributed by atoms with E-state index < -0.39 is 6.10 Å². The van der Waals surface area contributed by atoms with Gasteiger partial charge in [0.15, 0.2) is 0 Å². The Labute approximate surface area is 112 Å². The zero-order valence-electron chi connectivity index (χ0n) is 10.4. The van der Waals surface area contributed by atoms with Gasteiger partial charge in [0.2, 0.25) is 0 Å². The first-order valence-electron chi connectivity index (χ1n) is 5.97. The summed E-state index contributed by atoms with van der Waals surface area (Å²) in [6.07, 6.45) is 1.21. The molecule has 0 aliphatic rings. The molecule has 0 aliphatic carbocycles. The summed E-state index contributed by atoms with van der Waals surface area (Å²) in [5.41, 5.74) is 7.71. The molecule has 0 heterocycles. The molecule has 0 aromatic heterocycles. The molecule has 0 spiro atoms. The van der Waals surface area contributed by atoms with E-state index in [9.17, 15) is 5.11 Å². The largest absolute Gasteiger partial charge is 0.387 e. The Kier molecular flexibility index (Phi) is 6.12. The van der Waals surface area contributed by atoms with Crippen molar-refractivity contribution in [1.29, 1.82) is 0 Å². The highest BCUT2D eigenvalue weighted by atomic mass is 79.9. The van der Waals surface area contributed by atoms with Gasteiger partial charge in [-0.2, -0.15) is 0 Å². The van der Waals surface area contributed by atoms with Crippen molar-refractivity contribution in [3.05, 3.63) is 33.8 Å². The van der Waals surface area contributed by atoms with E-state index in [2.05, 4.69) is 34.2 Å². The first-order chi connectivity index (χ1) is 8.13. The molecule has 4 N–H and O–H groups in total. The van der Waals surface area contributed by atoms with Gasteiger partial charge in [0.1, 0.15) is 0 Å². The predicted octanol–water partition coefficient (Wildman–Crippen LogP) is 1.98. The summed E-state index contributed by atoms with van der Waals surface area (Å²) in [4.78, 5) is 0. The highest BCUT2D eigenvalue weighted by Gasteiger charge is 2.18. The number of likely N-dealkylation sites (N-methyl/N-ethyl adjacent to an activating group) is 1. The smallest absolute Gasteiger partial charge is 0.0943 e. The highest BCUT2D eigenvalue weighted by molar-refractivity contribution is 9.10. The van der Waals surface area contributed by atoms with E-state index in [-0.39, 0.29) is 6.04 Å². The fourth-order valence-electron chi connectivity index (χ4n) is 1.91. The fraction of sp³-hybridized carbons (Fsp3) is 0.538. The van der Waals surface area contributed by atoms with Crippen molar-refractivity contribution in [1.82, 2.24) is 5.32 Å². The predicted molar refractivity (Wildman–Crippen MR) is 75.0 cm³/mol. The van der Waals surface area contributed by atoms with Crippen LogP contribution in [0.15, 0.2) is 22.7 Å². The van der Waals surface area contributed by atoms with Gasteiger partial charge >= 0.3 is 0 Å². The number of rotatable bonds is 6. The van der Waals surface area contributed by atoms with Crippen LogP contribution in [0.4, 0.5) is 0 Å². The fourth-order valence-corrected chi connectivity index (χ4v) is 2.58. The topological polar surface area (TPSA) is 58.3 Å². The zero-order chi connectivity index (χ0) is 12.8. The van der Waals surface area contributed by atoms with Crippen molar-refractivity contribution in [2.24, 2.45) is 5.73 Å². The highest BCUT2D eigenvalue weighted by Crippen LogP contribution is 2.25. The van der Waals surface area contributed by atoms with Crippen LogP contribution in [0.1, 0.15) is 30.6 Å². The standard InChI is InChI=1S/C13H21BrN2O/c1-3-9-4-5-10(8-11(9)14)13(17)12(16-2)6-7-15/h4-5,8,12-13,16-17H,3,6-7,15H2,1-2H3. The van der Waals surface area contributed by atoms with Crippen molar-refractivity contribution >= 4 is 15.9 Å². The number of halogens is 1. The molecule has 1 aromatic carbocycles. The summed E-state index contributed by atoms with van der Waals surface area (Å²) < 4.78 is 1.05. The Morgan fingerprint density at radius 2 is 2.18 bits per heavy atom. The molecule has 1 rings (SSSR count). The molecule has 1 aromatic rings. The number of aliphatic hydroxyl groups is 1. The average molecular weight is 301 g/mol. The number of hydrogen-bond donors (Lipinski definition) is 3. The van der Waals surface area contributed by atoms with Gasteiger partial charge in [-0.1, -0.05) is 35.0 Å². The van der Waals surface area contributed by atoms with Gasteiger partial charge in [-0.25, -0.2) is 0 Å². The molecule has 0 aliphatic heterocycles. The van der Waals surface area contributed by atoms with E-state index >= 15 is 0 Å². The van der Waals surface area contributed by atoms with Crippen LogP contribution in [-0.4, -0.2) is 24.7 Å². The Morgan fingerprint density at radius 3 is 2.65 bits per heavy atom. The number of benzene rings is 1. The normalized spacial score (nSPS) is 14.6. The van der Waals surface area contributed by atoms with Gasteiger partial charge in [-0.3, -0.25) is 0 Å². The molecule has 2 atom stereocenters. The average Bonchev–Trinajstić information content (AvgIpc) is 2.35. The second-order valence-electron chi connectivity index (χ2n) is 4.12. The first-order valence-corrected chi connectivity index (χ1v) is 6.77. The van der Waals surface area contributed by atoms with E-state index in [1.54, 1.807) is 0 Å². The molecule has 0 amide bonds. The number of nitrogens with one attached hydrogen (secondary N) is 1. The molecule has 0 saturated carbocycles. The van der Waals surface area contributed by atoms with Crippen molar-refractivity contribution in [3.63, 3.8) is 0 Å². The van der Waals surface area contributed by atoms with E-state index in [1.807, 2.05) is 19.2 Å². The lowest BCUT2D eigenvalue weighted by atomic mass is 9.98. The zero-order valence-corrected chi connectivity index (χ0v) is 12.0. The molecule has 3 nitrogen and oxygen atoms in total. The van der Waals surface area contributed by atoms with Gasteiger partial charge < -0.3 is 16.2 Å². The van der Waals surface area contributed by atoms with Gasteiger partial charge in [0.25, 0.3) is 0 Å². The van der Waals surface area contributed by atoms with Crippen molar-refractivity contribution in [2.75, 3.05) is 13.6 Å². The van der Waals surface area contributed by atoms with Crippen molar-refractivity contribution in [2.45, 2.75) is 31.9 Å². The van der Waals surface area contributed by atoms with Gasteiger partial charge in [-0.05, 0) is 43.6 Å². The number of nitrogens with two attached hydrogens (primary N) is 1. The van der Waals surface area contributed by atoms with E-state index in [0.717, 1.165) is 22.9 Å². The number of aliphatic hydroxyl groups excluding tert-OH is 1. The first kappa shape index (κ1) is 14.6. The van der Waals surface area contributed by atoms with Crippen LogP contribution in [0.2, 0.25) is 0 Å². The third-order valence-corrected chi connectivity index (χ3v) is 3.77. The Morgan fingerprint density at radius 1 is 1.47 bits per heavy atom. The van der Waals surface area contributed by atoms with Crippen LogP contribution in [0.25, 0.3) is 0 Å². The number of aryl methyl sites for hydroxylation is 1. The van der Waals surface area contributed by atoms with E-state index in [1.165, 1.54) is 5.56 Å². The van der Waals surface area contributed by atoms with E-state index in [4.69, 9.17) is 5.73 Å². The van der Waals surface area contributed by atoms with Crippen LogP contribution in [0.3, 0.4) is 0 Å². The molecule has 2 unspecified atom stereocenters. The lowest BCUT2D eigenvalue weighted by molar-refractivity contribution is 0.129. The summed E-state index contributed by atoms with van der Waals surface area (Å²) in [7, 11) is 1.85. The van der Waals surface area contributed by atoms with Crippen molar-refractivity contribution < 1.29 is 5.11 Å². The number of hydrogen-bond acceptors (Lipinski definition) is 3. The maximum Gasteiger partial charge on any atom is 0.0943 e. The van der Waals surface area contributed by atoms with E-state index in [0.29, 0.717) is 6.54 Å². The Bertz CT molecular complexity index is 357. The van der Waals surface area contributed by atoms with Crippen LogP contribution in [0, 0.1) is 0 Å². The minimum Gasteiger partial charge on any atom is -0.387 e. The third kappa shape index (κ3) is 3.78. The van der Waals surface area contributed by atoms with Gasteiger partial charge in [0, 0.05) is 10.5 Å². The molecule has 4 heteroatoms. The maximum absolute atomic E-state index is 10.3. The SMILES string of the molecule is CCc1ccc(C(O)C(CCN)NC)cc1Br.